The standard InChI is InChI=1S/C9H12IN2O9P.Na/c10-3-1-12(9(16)11-7(3)15)8-6(14)5(13)4(21-8)2-20-22(17,18)19;/h1,4-6,8,13-14H,2H2,(H,11,15,16)(H2,17,18,19);/q;+1/p-1. The van der Waals surface area contributed by atoms with Gasteiger partial charge in [0.05, 0.1) is 6.61 Å². The van der Waals surface area contributed by atoms with Crippen LogP contribution in [0.3, 0.4) is 0 Å². The van der Waals surface area contributed by atoms with Crippen LogP contribution in [0.15, 0.2) is 11.0 Å². The van der Waals surface area contributed by atoms with E-state index < -0.39 is 50.5 Å². The van der Waals surface area contributed by atoms with Gasteiger partial charge in [-0.15, -0.1) is 0 Å². The van der Waals surface area contributed by atoms with Gasteiger partial charge in [-0.25, -0.2) is 14.3 Å². The fraction of sp³-hybridized carbons (Fsp3) is 0.556. The zero-order valence-electron chi connectivity index (χ0n) is 11.6. The van der Waals surface area contributed by atoms with Crippen LogP contribution in [-0.2, 0) is 13.8 Å². The third-order valence-corrected chi connectivity index (χ3v) is 4.12. The third-order valence-electron chi connectivity index (χ3n) is 2.89. The Morgan fingerprint density at radius 1 is 1.43 bits per heavy atom. The van der Waals surface area contributed by atoms with Crippen LogP contribution < -0.4 is 40.4 Å². The quantitative estimate of drug-likeness (QED) is 0.188. The molecule has 0 radical (unpaired) electrons. The van der Waals surface area contributed by atoms with Gasteiger partial charge in [0.2, 0.25) is 0 Å². The Bertz CT molecular complexity index is 667. The zero-order valence-corrected chi connectivity index (χ0v) is 16.7. The Kier molecular flexibility index (Phi) is 7.63. The second-order valence-electron chi connectivity index (χ2n) is 4.42. The molecule has 1 saturated heterocycles. The van der Waals surface area contributed by atoms with Crippen LogP contribution in [0.4, 0.5) is 0 Å². The topological polar surface area (TPSA) is 174 Å². The van der Waals surface area contributed by atoms with Gasteiger partial charge in [-0.2, -0.15) is 0 Å². The molecule has 1 aromatic rings. The molecule has 2 rings (SSSR count). The smallest absolute Gasteiger partial charge is 0.858 e. The maximum absolute atomic E-state index is 11.7. The minimum atomic E-state index is -4.78. The number of rotatable bonds is 4. The second kappa shape index (κ2) is 8.19. The first-order valence-electron chi connectivity index (χ1n) is 5.77. The van der Waals surface area contributed by atoms with Crippen LogP contribution in [0.2, 0.25) is 0 Å². The summed E-state index contributed by atoms with van der Waals surface area (Å²) in [5.74, 6) is -0.740. The molecule has 0 amide bonds. The van der Waals surface area contributed by atoms with E-state index in [2.05, 4.69) is 9.51 Å². The van der Waals surface area contributed by atoms with E-state index in [9.17, 15) is 24.7 Å². The van der Waals surface area contributed by atoms with Crippen LogP contribution >= 0.6 is 30.4 Å². The number of nitrogens with zero attached hydrogens (tertiary/aromatic N) is 2. The van der Waals surface area contributed by atoms with Gasteiger partial charge in [0.25, 0.3) is 0 Å². The molecule has 1 aliphatic rings. The summed E-state index contributed by atoms with van der Waals surface area (Å²) in [5, 5.41) is 30.9. The largest absolute Gasteiger partial charge is 1.00 e. The van der Waals surface area contributed by atoms with E-state index >= 15 is 0 Å². The van der Waals surface area contributed by atoms with E-state index in [1.807, 2.05) is 0 Å². The summed E-state index contributed by atoms with van der Waals surface area (Å²) in [5.41, 5.74) is -0.988. The SMILES string of the molecule is O=c1nc([O-])c(I)cn1C1OC(COP(=O)(O)O)C(O)C1O.[Na+]. The van der Waals surface area contributed by atoms with Crippen LogP contribution in [0.1, 0.15) is 6.23 Å². The third kappa shape index (κ3) is 5.19. The molecule has 0 saturated carbocycles. The molecular formula is C9H11IN2NaO9P. The average Bonchev–Trinajstić information content (AvgIpc) is 2.68. The first-order chi connectivity index (χ1) is 10.1. The molecule has 1 fully saturated rings. The van der Waals surface area contributed by atoms with Gasteiger partial charge in [-0.3, -0.25) is 9.09 Å². The number of aliphatic hydroxyl groups excluding tert-OH is 2. The fourth-order valence-electron chi connectivity index (χ4n) is 1.88. The Hall–Kier alpha value is 0.400. The first kappa shape index (κ1) is 21.4. The van der Waals surface area contributed by atoms with Gasteiger partial charge >= 0.3 is 43.1 Å². The number of ether oxygens (including phenoxy) is 1. The molecule has 0 spiro atoms. The van der Waals surface area contributed by atoms with Crippen molar-refractivity contribution in [2.75, 3.05) is 6.61 Å². The molecule has 14 heteroatoms. The summed E-state index contributed by atoms with van der Waals surface area (Å²) in [6.07, 6.45) is -4.66. The van der Waals surface area contributed by atoms with E-state index in [0.29, 0.717) is 0 Å². The van der Waals surface area contributed by atoms with Crippen LogP contribution in [0, 0.1) is 3.57 Å². The molecule has 2 heterocycles. The fourth-order valence-corrected chi connectivity index (χ4v) is 2.64. The first-order valence-corrected chi connectivity index (χ1v) is 8.38. The minimum absolute atomic E-state index is 0. The van der Waals surface area contributed by atoms with Gasteiger partial charge in [0.1, 0.15) is 18.3 Å². The molecular weight excluding hydrogens is 461 g/mol. The molecule has 0 aliphatic carbocycles. The molecule has 124 valence electrons. The molecule has 0 bridgehead atoms. The van der Waals surface area contributed by atoms with Crippen LogP contribution in [-0.4, -0.2) is 54.5 Å². The Morgan fingerprint density at radius 3 is 2.61 bits per heavy atom. The van der Waals surface area contributed by atoms with Crippen molar-refractivity contribution in [2.45, 2.75) is 24.5 Å². The van der Waals surface area contributed by atoms with E-state index in [-0.39, 0.29) is 33.1 Å². The molecule has 23 heavy (non-hydrogen) atoms. The number of hydrogen-bond acceptors (Lipinski definition) is 8. The normalized spacial score (nSPS) is 27.7. The summed E-state index contributed by atoms with van der Waals surface area (Å²) < 4.78 is 20.9. The number of aromatic nitrogens is 2. The van der Waals surface area contributed by atoms with Crippen molar-refractivity contribution in [2.24, 2.45) is 0 Å². The van der Waals surface area contributed by atoms with E-state index in [0.717, 1.165) is 10.8 Å². The van der Waals surface area contributed by atoms with Crippen molar-refractivity contribution in [1.29, 1.82) is 0 Å². The van der Waals surface area contributed by atoms with Crippen LogP contribution in [0.5, 0.6) is 5.88 Å². The summed E-state index contributed by atoms with van der Waals surface area (Å²) in [4.78, 5) is 32.1. The Morgan fingerprint density at radius 2 is 2.04 bits per heavy atom. The minimum Gasteiger partial charge on any atom is -0.858 e. The Labute approximate surface area is 164 Å². The number of halogens is 1. The number of phosphoric ester groups is 1. The average molecular weight is 472 g/mol. The molecule has 1 aliphatic heterocycles. The molecule has 4 unspecified atom stereocenters. The summed E-state index contributed by atoms with van der Waals surface area (Å²) >= 11 is 1.64. The van der Waals surface area contributed by atoms with Crippen molar-refractivity contribution < 1.29 is 68.5 Å². The zero-order chi connectivity index (χ0) is 16.7. The van der Waals surface area contributed by atoms with Crippen molar-refractivity contribution >= 4 is 30.4 Å². The maximum Gasteiger partial charge on any atom is 1.00 e. The van der Waals surface area contributed by atoms with E-state index in [1.165, 1.54) is 0 Å². The molecule has 0 aromatic carbocycles. The predicted molar refractivity (Wildman–Crippen MR) is 74.6 cm³/mol. The van der Waals surface area contributed by atoms with Gasteiger partial charge in [0.15, 0.2) is 6.23 Å². The van der Waals surface area contributed by atoms with Gasteiger partial charge in [0, 0.05) is 15.6 Å². The van der Waals surface area contributed by atoms with Crippen molar-refractivity contribution in [1.82, 2.24) is 9.55 Å². The van der Waals surface area contributed by atoms with Gasteiger partial charge < -0.3 is 29.8 Å². The van der Waals surface area contributed by atoms with E-state index in [1.54, 1.807) is 22.6 Å². The van der Waals surface area contributed by atoms with E-state index in [4.69, 9.17) is 14.5 Å². The molecule has 4 N–H and O–H groups in total. The van der Waals surface area contributed by atoms with Gasteiger partial charge in [-0.1, -0.05) is 0 Å². The van der Waals surface area contributed by atoms with Crippen molar-refractivity contribution in [3.63, 3.8) is 0 Å². The second-order valence-corrected chi connectivity index (χ2v) is 6.82. The predicted octanol–water partition coefficient (Wildman–Crippen LogP) is -5.35. The molecule has 11 nitrogen and oxygen atoms in total. The van der Waals surface area contributed by atoms with Crippen LogP contribution in [0.25, 0.3) is 0 Å². The Balaban J connectivity index is 0.00000264. The summed E-state index contributed by atoms with van der Waals surface area (Å²) in [6.45, 7) is -0.697. The number of phosphoric acid groups is 1. The summed E-state index contributed by atoms with van der Waals surface area (Å²) in [7, 11) is -4.78. The molecule has 4 atom stereocenters. The van der Waals surface area contributed by atoms with Crippen molar-refractivity contribution in [3.05, 3.63) is 20.3 Å². The summed E-state index contributed by atoms with van der Waals surface area (Å²) in [6, 6.07) is 0. The number of hydrogen-bond donors (Lipinski definition) is 4. The van der Waals surface area contributed by atoms with Crippen molar-refractivity contribution in [3.8, 4) is 5.88 Å². The molecule has 1 aromatic heterocycles. The van der Waals surface area contributed by atoms with Gasteiger partial charge in [-0.05, 0) is 22.6 Å². The number of aliphatic hydroxyl groups is 2. The maximum atomic E-state index is 11.7. The monoisotopic (exact) mass is 472 g/mol.